The summed E-state index contributed by atoms with van der Waals surface area (Å²) in [6.45, 7) is 9.84. The van der Waals surface area contributed by atoms with Gasteiger partial charge in [0, 0.05) is 18.7 Å². The number of nitrogens with zero attached hydrogens (tertiary/aromatic N) is 1. The maximum absolute atomic E-state index is 15.4. The van der Waals surface area contributed by atoms with Crippen molar-refractivity contribution in [1.82, 2.24) is 15.6 Å². The SMILES string of the molecule is CCOC(=O)C[C@H](NC(=O)[C@H](CC(C)C)C(=O)Nc1ccc2c(n1)CNC2)c1cc(-c2c(C)cc(F)cc2C)cc(F)c1F.Cl. The Balaban J connectivity index is 0.00000552. The Morgan fingerprint density at radius 3 is 2.33 bits per heavy atom. The second-order valence-electron chi connectivity index (χ2n) is 11.4. The summed E-state index contributed by atoms with van der Waals surface area (Å²) in [6.07, 6.45) is -0.378. The molecule has 1 aliphatic heterocycles. The van der Waals surface area contributed by atoms with E-state index < -0.39 is 53.6 Å². The van der Waals surface area contributed by atoms with Crippen LogP contribution in [0.15, 0.2) is 36.4 Å². The molecule has 0 radical (unpaired) electrons. The van der Waals surface area contributed by atoms with Gasteiger partial charge in [0.25, 0.3) is 0 Å². The van der Waals surface area contributed by atoms with E-state index in [1.165, 1.54) is 18.2 Å². The molecular weight excluding hydrogens is 609 g/mol. The number of hydrogen-bond donors (Lipinski definition) is 3. The van der Waals surface area contributed by atoms with Crippen LogP contribution >= 0.6 is 12.4 Å². The van der Waals surface area contributed by atoms with Gasteiger partial charge in [0.1, 0.15) is 17.6 Å². The molecule has 3 N–H and O–H groups in total. The largest absolute Gasteiger partial charge is 0.466 e. The lowest BCUT2D eigenvalue weighted by molar-refractivity contribution is -0.144. The normalized spacial score (nSPS) is 13.4. The maximum atomic E-state index is 15.4. The maximum Gasteiger partial charge on any atom is 0.308 e. The number of ether oxygens (including phenoxy) is 1. The molecule has 0 saturated carbocycles. The van der Waals surface area contributed by atoms with Gasteiger partial charge >= 0.3 is 5.97 Å². The smallest absolute Gasteiger partial charge is 0.308 e. The zero-order chi connectivity index (χ0) is 32.1. The van der Waals surface area contributed by atoms with Crippen LogP contribution < -0.4 is 16.0 Å². The second-order valence-corrected chi connectivity index (χ2v) is 11.4. The van der Waals surface area contributed by atoms with Gasteiger partial charge in [-0.3, -0.25) is 14.4 Å². The Kier molecular flexibility index (Phi) is 12.1. The zero-order valence-electron chi connectivity index (χ0n) is 25.9. The molecule has 4 rings (SSSR count). The van der Waals surface area contributed by atoms with Gasteiger partial charge in [0.15, 0.2) is 11.6 Å². The van der Waals surface area contributed by atoms with Crippen molar-refractivity contribution in [3.05, 3.63) is 81.8 Å². The third-order valence-electron chi connectivity index (χ3n) is 7.48. The van der Waals surface area contributed by atoms with Gasteiger partial charge < -0.3 is 20.7 Å². The lowest BCUT2D eigenvalue weighted by Crippen LogP contribution is -2.41. The molecule has 3 aromatic rings. The third kappa shape index (κ3) is 8.61. The standard InChI is InChI=1S/C33H37F3N4O4.ClH/c1-6-44-29(41)14-26(23-12-21(13-25(35)31(23)36)30-18(4)10-22(34)11-19(30)5)39-32(42)24(9-17(2)3)33(43)40-28-8-7-20-15-37-16-27(20)38-28;/h7-8,10-13,17,24,26,37H,6,9,14-16H2,1-5H3,(H,39,42)(H,38,40,43);1H/t24-,26-;/m0./s1. The molecule has 242 valence electrons. The van der Waals surface area contributed by atoms with E-state index in [4.69, 9.17) is 4.74 Å². The molecular formula is C33H38ClF3N4O4. The molecule has 12 heteroatoms. The molecule has 2 amide bonds. The number of nitrogens with one attached hydrogen (secondary N) is 3. The van der Waals surface area contributed by atoms with Crippen molar-refractivity contribution in [3.8, 4) is 11.1 Å². The number of benzene rings is 2. The summed E-state index contributed by atoms with van der Waals surface area (Å²) in [5.74, 6) is -6.12. The van der Waals surface area contributed by atoms with Gasteiger partial charge in [-0.05, 0) is 91.3 Å². The van der Waals surface area contributed by atoms with Gasteiger partial charge in [-0.25, -0.2) is 18.2 Å². The summed E-state index contributed by atoms with van der Waals surface area (Å²) < 4.78 is 49.6. The van der Waals surface area contributed by atoms with Crippen molar-refractivity contribution in [2.24, 2.45) is 11.8 Å². The molecule has 1 aromatic heterocycles. The van der Waals surface area contributed by atoms with Crippen LogP contribution in [0.3, 0.4) is 0 Å². The fourth-order valence-electron chi connectivity index (χ4n) is 5.52. The van der Waals surface area contributed by atoms with Crippen LogP contribution in [0.4, 0.5) is 19.0 Å². The lowest BCUT2D eigenvalue weighted by atomic mass is 9.91. The van der Waals surface area contributed by atoms with Crippen LogP contribution in [0, 0.1) is 43.1 Å². The highest BCUT2D eigenvalue weighted by molar-refractivity contribution is 6.06. The van der Waals surface area contributed by atoms with E-state index in [9.17, 15) is 18.8 Å². The molecule has 8 nitrogen and oxygen atoms in total. The van der Waals surface area contributed by atoms with E-state index in [0.717, 1.165) is 17.3 Å². The van der Waals surface area contributed by atoms with Crippen LogP contribution in [0.5, 0.6) is 0 Å². The number of amides is 2. The van der Waals surface area contributed by atoms with E-state index in [1.807, 2.05) is 19.9 Å². The Morgan fingerprint density at radius 1 is 1.00 bits per heavy atom. The highest BCUT2D eigenvalue weighted by Crippen LogP contribution is 2.34. The van der Waals surface area contributed by atoms with E-state index >= 15 is 8.78 Å². The Bertz CT molecular complexity index is 1560. The molecule has 1 aliphatic rings. The van der Waals surface area contributed by atoms with Gasteiger partial charge in [0.05, 0.1) is 24.8 Å². The molecule has 45 heavy (non-hydrogen) atoms. The van der Waals surface area contributed by atoms with Crippen LogP contribution in [0.25, 0.3) is 11.1 Å². The van der Waals surface area contributed by atoms with E-state index in [2.05, 4.69) is 20.9 Å². The Labute approximate surface area is 266 Å². The number of anilines is 1. The van der Waals surface area contributed by atoms with Crippen molar-refractivity contribution in [2.45, 2.75) is 66.6 Å². The van der Waals surface area contributed by atoms with Gasteiger partial charge in [-0.15, -0.1) is 12.4 Å². The summed E-state index contributed by atoms with van der Waals surface area (Å²) in [5.41, 5.74) is 3.23. The summed E-state index contributed by atoms with van der Waals surface area (Å²) >= 11 is 0. The predicted molar refractivity (Wildman–Crippen MR) is 167 cm³/mol. The molecule has 0 aliphatic carbocycles. The summed E-state index contributed by atoms with van der Waals surface area (Å²) in [5, 5.41) is 8.51. The van der Waals surface area contributed by atoms with E-state index in [-0.39, 0.29) is 48.3 Å². The van der Waals surface area contributed by atoms with Crippen LogP contribution in [0.2, 0.25) is 0 Å². The van der Waals surface area contributed by atoms with E-state index in [0.29, 0.717) is 29.8 Å². The molecule has 2 heterocycles. The number of pyridine rings is 1. The quantitative estimate of drug-likeness (QED) is 0.169. The highest BCUT2D eigenvalue weighted by atomic mass is 35.5. The molecule has 0 saturated heterocycles. The number of halogens is 4. The van der Waals surface area contributed by atoms with Gasteiger partial charge in [0.2, 0.25) is 11.8 Å². The van der Waals surface area contributed by atoms with Crippen LogP contribution in [-0.2, 0) is 32.2 Å². The van der Waals surface area contributed by atoms with Crippen molar-refractivity contribution < 1.29 is 32.3 Å². The number of aryl methyl sites for hydroxylation is 2. The average Bonchev–Trinajstić information content (AvgIpc) is 3.40. The highest BCUT2D eigenvalue weighted by Gasteiger charge is 2.33. The van der Waals surface area contributed by atoms with Crippen molar-refractivity contribution >= 4 is 36.0 Å². The first-order valence-electron chi connectivity index (χ1n) is 14.6. The summed E-state index contributed by atoms with van der Waals surface area (Å²) in [7, 11) is 0. The van der Waals surface area contributed by atoms with Gasteiger partial charge in [-0.1, -0.05) is 19.9 Å². The molecule has 2 atom stereocenters. The fourth-order valence-corrected chi connectivity index (χ4v) is 5.52. The minimum absolute atomic E-state index is 0. The average molecular weight is 647 g/mol. The zero-order valence-corrected chi connectivity index (χ0v) is 26.7. The van der Waals surface area contributed by atoms with Crippen LogP contribution in [-0.4, -0.2) is 29.4 Å². The molecule has 2 aromatic carbocycles. The topological polar surface area (TPSA) is 109 Å². The molecule has 0 fully saturated rings. The number of fused-ring (bicyclic) bond motifs is 1. The monoisotopic (exact) mass is 646 g/mol. The number of esters is 1. The van der Waals surface area contributed by atoms with E-state index in [1.54, 1.807) is 26.8 Å². The van der Waals surface area contributed by atoms with Crippen molar-refractivity contribution in [2.75, 3.05) is 11.9 Å². The number of rotatable bonds is 11. The minimum Gasteiger partial charge on any atom is -0.466 e. The Morgan fingerprint density at radius 2 is 1.69 bits per heavy atom. The first kappa shape index (κ1) is 35.5. The third-order valence-corrected chi connectivity index (χ3v) is 7.48. The fraction of sp³-hybridized carbons (Fsp3) is 0.394. The minimum atomic E-state index is -1.37. The summed E-state index contributed by atoms with van der Waals surface area (Å²) in [4.78, 5) is 44.2. The molecule has 0 unspecified atom stereocenters. The number of hydrogen-bond acceptors (Lipinski definition) is 6. The number of aromatic nitrogens is 1. The summed E-state index contributed by atoms with van der Waals surface area (Å²) in [6, 6.07) is 7.01. The Hall–Kier alpha value is -3.96. The number of carbonyl (C=O) groups is 3. The number of carbonyl (C=O) groups excluding carboxylic acids is 3. The predicted octanol–water partition coefficient (Wildman–Crippen LogP) is 6.22. The lowest BCUT2D eigenvalue weighted by Gasteiger charge is -2.24. The molecule has 0 bridgehead atoms. The second kappa shape index (κ2) is 15.4. The van der Waals surface area contributed by atoms with Crippen molar-refractivity contribution in [1.29, 1.82) is 0 Å². The van der Waals surface area contributed by atoms with Crippen molar-refractivity contribution in [3.63, 3.8) is 0 Å². The first-order valence-corrected chi connectivity index (χ1v) is 14.6. The van der Waals surface area contributed by atoms with Gasteiger partial charge in [-0.2, -0.15) is 0 Å². The molecule has 0 spiro atoms. The first-order chi connectivity index (χ1) is 20.9. The van der Waals surface area contributed by atoms with Crippen LogP contribution in [0.1, 0.15) is 67.6 Å².